The molecule has 0 radical (unpaired) electrons. The molecule has 1 heterocycles. The van der Waals surface area contributed by atoms with Gasteiger partial charge in [-0.15, -0.1) is 0 Å². The molecule has 1 unspecified atom stereocenters. The Labute approximate surface area is 249 Å². The van der Waals surface area contributed by atoms with Crippen molar-refractivity contribution >= 4 is 19.5 Å². The predicted molar refractivity (Wildman–Crippen MR) is 160 cm³/mol. The van der Waals surface area contributed by atoms with Crippen LogP contribution >= 0.6 is 7.52 Å². The maximum absolute atomic E-state index is 14.2. The van der Waals surface area contributed by atoms with Gasteiger partial charge in [-0.25, -0.2) is 5.09 Å². The number of hydrogen-bond donors (Lipinski definition) is 2. The minimum Gasteiger partial charge on any atom is -0.462 e. The van der Waals surface area contributed by atoms with Gasteiger partial charge >= 0.3 is 19.5 Å². The van der Waals surface area contributed by atoms with E-state index in [2.05, 4.69) is 37.2 Å². The van der Waals surface area contributed by atoms with E-state index < -0.39 is 25.6 Å². The Bertz CT molecular complexity index is 1180. The summed E-state index contributed by atoms with van der Waals surface area (Å²) in [6.45, 7) is 9.46. The number of benzene rings is 1. The molecule has 0 bridgehead atoms. The maximum Gasteiger partial charge on any atom is 0.342 e. The molecule has 0 aromatic heterocycles. The summed E-state index contributed by atoms with van der Waals surface area (Å²) in [6, 6.07) is 7.99. The number of carbonyl (C=O) groups is 2. The van der Waals surface area contributed by atoms with E-state index >= 15 is 0 Å². The number of aliphatic hydroxyl groups excluding tert-OH is 1. The molecule has 232 valence electrons. The van der Waals surface area contributed by atoms with Crippen molar-refractivity contribution in [2.24, 2.45) is 23.7 Å². The van der Waals surface area contributed by atoms with Crippen LogP contribution in [-0.2, 0) is 28.4 Å². The molecule has 1 aromatic rings. The third-order valence-corrected chi connectivity index (χ3v) is 9.98. The zero-order valence-electron chi connectivity index (χ0n) is 25.3. The number of rotatable bonds is 12. The van der Waals surface area contributed by atoms with Crippen LogP contribution in [0.4, 0.5) is 0 Å². The lowest BCUT2D eigenvalue weighted by atomic mass is 9.65. The van der Waals surface area contributed by atoms with Gasteiger partial charge in [0.05, 0.1) is 24.7 Å². The zero-order chi connectivity index (χ0) is 30.4. The van der Waals surface area contributed by atoms with Gasteiger partial charge in [-0.05, 0) is 75.5 Å². The number of ether oxygens (including phenoxy) is 3. The van der Waals surface area contributed by atoms with Crippen molar-refractivity contribution in [1.82, 2.24) is 5.09 Å². The summed E-state index contributed by atoms with van der Waals surface area (Å²) in [5.41, 5.74) is 1.20. The lowest BCUT2D eigenvalue weighted by molar-refractivity contribution is -0.160. The number of esters is 2. The minimum atomic E-state index is -3.71. The Morgan fingerprint density at radius 2 is 1.88 bits per heavy atom. The van der Waals surface area contributed by atoms with Gasteiger partial charge in [0.2, 0.25) is 0 Å². The van der Waals surface area contributed by atoms with E-state index in [0.717, 1.165) is 12.8 Å². The van der Waals surface area contributed by atoms with E-state index in [9.17, 15) is 19.3 Å². The monoisotopic (exact) mass is 603 g/mol. The van der Waals surface area contributed by atoms with Gasteiger partial charge in [0, 0.05) is 12.3 Å². The molecule has 0 spiro atoms. The predicted octanol–water partition coefficient (Wildman–Crippen LogP) is 5.78. The first-order valence-electron chi connectivity index (χ1n) is 15.1. The Morgan fingerprint density at radius 1 is 1.14 bits per heavy atom. The highest BCUT2D eigenvalue weighted by atomic mass is 31.2. The van der Waals surface area contributed by atoms with Crippen molar-refractivity contribution < 1.29 is 38.0 Å². The maximum atomic E-state index is 14.2. The van der Waals surface area contributed by atoms with Gasteiger partial charge in [-0.2, -0.15) is 0 Å². The van der Waals surface area contributed by atoms with Gasteiger partial charge in [-0.1, -0.05) is 50.3 Å². The summed E-state index contributed by atoms with van der Waals surface area (Å²) in [4.78, 5) is 24.5. The van der Waals surface area contributed by atoms with Crippen molar-refractivity contribution in [2.75, 3.05) is 6.35 Å². The summed E-state index contributed by atoms with van der Waals surface area (Å²) in [5, 5.41) is 13.0. The van der Waals surface area contributed by atoms with E-state index in [1.54, 1.807) is 45.0 Å². The summed E-state index contributed by atoms with van der Waals surface area (Å²) >= 11 is 0. The smallest absolute Gasteiger partial charge is 0.342 e. The van der Waals surface area contributed by atoms with Gasteiger partial charge in [-0.3, -0.25) is 14.2 Å². The van der Waals surface area contributed by atoms with Crippen LogP contribution < -0.4 is 9.61 Å². The van der Waals surface area contributed by atoms with Crippen LogP contribution in [0, 0.1) is 23.7 Å². The molecular weight excluding hydrogens is 557 g/mol. The van der Waals surface area contributed by atoms with E-state index in [1.807, 2.05) is 6.07 Å². The molecule has 3 aliphatic rings. The van der Waals surface area contributed by atoms with Crippen molar-refractivity contribution in [3.05, 3.63) is 54.1 Å². The first-order chi connectivity index (χ1) is 19.9. The second-order valence-corrected chi connectivity index (χ2v) is 14.4. The summed E-state index contributed by atoms with van der Waals surface area (Å²) in [5.74, 6) is 0.326. The van der Waals surface area contributed by atoms with Crippen LogP contribution in [0.1, 0.15) is 66.7 Å². The van der Waals surface area contributed by atoms with Crippen molar-refractivity contribution in [2.45, 2.75) is 97.2 Å². The topological polar surface area (TPSA) is 120 Å². The molecule has 1 saturated heterocycles. The SMILES string of the molecule is CC(C)OC(=O)[C@H](C)NP(=O)(CO[C@H]1C[C@@H](C)C=C2C=C[C@H](C)[C@H](CC[C@@H]3C[C@@H](O)CC(=O)O3)[C@H]21)Oc1ccccc1. The molecule has 1 aromatic carbocycles. The molecule has 1 fully saturated rings. The van der Waals surface area contributed by atoms with Crippen molar-refractivity contribution in [1.29, 1.82) is 0 Å². The lowest BCUT2D eigenvalue weighted by Crippen LogP contribution is -2.42. The van der Waals surface area contributed by atoms with Crippen molar-refractivity contribution in [3.63, 3.8) is 0 Å². The molecule has 0 amide bonds. The molecule has 9 atom stereocenters. The fourth-order valence-electron chi connectivity index (χ4n) is 6.31. The third-order valence-electron chi connectivity index (χ3n) is 8.20. The molecule has 4 rings (SSSR count). The van der Waals surface area contributed by atoms with Crippen LogP contribution in [0.15, 0.2) is 54.1 Å². The number of nitrogens with one attached hydrogen (secondary N) is 1. The molecular formula is C32H46NO8P. The number of cyclic esters (lactones) is 1. The van der Waals surface area contributed by atoms with E-state index in [1.165, 1.54) is 5.57 Å². The van der Waals surface area contributed by atoms with Crippen LogP contribution in [0.2, 0.25) is 0 Å². The molecule has 2 N–H and O–H groups in total. The average Bonchev–Trinajstić information content (AvgIpc) is 2.91. The van der Waals surface area contributed by atoms with Gasteiger partial charge in [0.15, 0.2) is 0 Å². The number of aliphatic hydroxyl groups is 1. The zero-order valence-corrected chi connectivity index (χ0v) is 26.2. The van der Waals surface area contributed by atoms with Crippen molar-refractivity contribution in [3.8, 4) is 5.75 Å². The lowest BCUT2D eigenvalue weighted by Gasteiger charge is -2.44. The second-order valence-electron chi connectivity index (χ2n) is 12.3. The summed E-state index contributed by atoms with van der Waals surface area (Å²) in [7, 11) is -3.71. The minimum absolute atomic E-state index is 0.0509. The quantitative estimate of drug-likeness (QED) is 0.226. The average molecular weight is 604 g/mol. The largest absolute Gasteiger partial charge is 0.462 e. The summed E-state index contributed by atoms with van der Waals surface area (Å²) in [6.07, 6.45) is 7.66. The number of carbonyl (C=O) groups excluding carboxylic acids is 2. The number of allylic oxidation sites excluding steroid dienone is 3. The Morgan fingerprint density at radius 3 is 2.57 bits per heavy atom. The van der Waals surface area contributed by atoms with Gasteiger partial charge in [0.1, 0.15) is 24.2 Å². The van der Waals surface area contributed by atoms with E-state index in [-0.39, 0.29) is 60.7 Å². The van der Waals surface area contributed by atoms with Crippen LogP contribution in [0.3, 0.4) is 0 Å². The second kappa shape index (κ2) is 14.3. The first-order valence-corrected chi connectivity index (χ1v) is 16.9. The molecule has 42 heavy (non-hydrogen) atoms. The Kier molecular flexibility index (Phi) is 11.1. The molecule has 2 aliphatic carbocycles. The third kappa shape index (κ3) is 8.79. The molecule has 9 nitrogen and oxygen atoms in total. The number of fused-ring (bicyclic) bond motifs is 1. The number of hydrogen-bond acceptors (Lipinski definition) is 8. The Balaban J connectivity index is 1.51. The van der Waals surface area contributed by atoms with Crippen LogP contribution in [0.5, 0.6) is 5.75 Å². The van der Waals surface area contributed by atoms with Crippen LogP contribution in [-0.4, -0.2) is 53.9 Å². The van der Waals surface area contributed by atoms with Crippen LogP contribution in [0.25, 0.3) is 0 Å². The molecule has 0 saturated carbocycles. The van der Waals surface area contributed by atoms with E-state index in [4.69, 9.17) is 18.7 Å². The normalized spacial score (nSPS) is 31.4. The summed E-state index contributed by atoms with van der Waals surface area (Å²) < 4.78 is 37.6. The molecule has 1 aliphatic heterocycles. The molecule has 10 heteroatoms. The highest BCUT2D eigenvalue weighted by Crippen LogP contribution is 2.48. The highest BCUT2D eigenvalue weighted by molar-refractivity contribution is 7.57. The fourth-order valence-corrected chi connectivity index (χ4v) is 8.03. The standard InChI is InChI=1S/C32H46NO8P/c1-20(2)39-32(36)23(5)33-42(37,41-26-9-7-6-8-10-26)19-38-29-16-21(3)15-24-12-11-22(4)28(31(24)29)14-13-27-17-25(34)18-30(35)40-27/h6-12,15,20-23,25,27-29,31,34H,13-14,16-19H2,1-5H3,(H,33,37)/t21-,22-,23-,25+,27+,28-,29-,31-,42?/m0/s1. The first kappa shape index (κ1) is 32.5. The van der Waals surface area contributed by atoms with Gasteiger partial charge in [0.25, 0.3) is 0 Å². The number of para-hydroxylation sites is 1. The fraction of sp³-hybridized carbons (Fsp3) is 0.625. The highest BCUT2D eigenvalue weighted by Gasteiger charge is 2.42. The van der Waals surface area contributed by atoms with E-state index in [0.29, 0.717) is 18.6 Å². The Hall–Kier alpha value is -2.45. The van der Waals surface area contributed by atoms with Gasteiger partial charge < -0.3 is 23.8 Å².